The summed E-state index contributed by atoms with van der Waals surface area (Å²) in [4.78, 5) is 40.8. The van der Waals surface area contributed by atoms with Crippen molar-refractivity contribution in [2.24, 2.45) is 10.9 Å². The van der Waals surface area contributed by atoms with Gasteiger partial charge in [-0.15, -0.1) is 0 Å². The molecule has 35 heavy (non-hydrogen) atoms. The third-order valence-electron chi connectivity index (χ3n) is 5.88. The van der Waals surface area contributed by atoms with Crippen LogP contribution in [0.5, 0.6) is 0 Å². The van der Waals surface area contributed by atoms with Gasteiger partial charge in [0.2, 0.25) is 10.0 Å². The van der Waals surface area contributed by atoms with Gasteiger partial charge in [-0.25, -0.2) is 22.5 Å². The zero-order valence-electron chi connectivity index (χ0n) is 19.5. The van der Waals surface area contributed by atoms with Gasteiger partial charge < -0.3 is 10.0 Å². The van der Waals surface area contributed by atoms with Gasteiger partial charge in [0.05, 0.1) is 15.9 Å². The van der Waals surface area contributed by atoms with E-state index < -0.39 is 38.9 Å². The van der Waals surface area contributed by atoms with Crippen LogP contribution in [0.2, 0.25) is 0 Å². The van der Waals surface area contributed by atoms with Crippen LogP contribution in [0.15, 0.2) is 58.4 Å². The molecular weight excluding hydrogens is 476 g/mol. The van der Waals surface area contributed by atoms with Gasteiger partial charge in [-0.2, -0.15) is 0 Å². The first kappa shape index (κ1) is 26.0. The number of carboxylic acids is 1. The van der Waals surface area contributed by atoms with E-state index in [1.165, 1.54) is 53.5 Å². The van der Waals surface area contributed by atoms with Crippen molar-refractivity contribution in [1.29, 1.82) is 0 Å². The van der Waals surface area contributed by atoms with E-state index in [9.17, 15) is 33.2 Å². The number of non-ortho nitro benzene ring substituents is 1. The lowest BCUT2D eigenvalue weighted by atomic mass is 9.86. The number of carbonyl (C=O) groups is 2. The van der Waals surface area contributed by atoms with Crippen molar-refractivity contribution in [2.75, 3.05) is 20.1 Å². The van der Waals surface area contributed by atoms with E-state index in [1.807, 2.05) is 0 Å². The van der Waals surface area contributed by atoms with E-state index in [4.69, 9.17) is 0 Å². The number of nitrogens with zero attached hydrogens (tertiary/aromatic N) is 4. The maximum Gasteiger partial charge on any atom is 0.344 e. The highest BCUT2D eigenvalue weighted by Gasteiger charge is 2.42. The van der Waals surface area contributed by atoms with Crippen molar-refractivity contribution in [3.8, 4) is 0 Å². The number of aliphatic carboxylic acids is 1. The van der Waals surface area contributed by atoms with Crippen molar-refractivity contribution in [2.45, 2.75) is 31.2 Å². The topological polar surface area (TPSA) is 150 Å². The minimum absolute atomic E-state index is 0.000426. The quantitative estimate of drug-likeness (QED) is 0.408. The summed E-state index contributed by atoms with van der Waals surface area (Å²) in [6.45, 7) is 3.28. The summed E-state index contributed by atoms with van der Waals surface area (Å²) in [6, 6.07) is 10.3. The molecule has 11 nitrogen and oxygen atoms in total. The molecule has 2 aromatic carbocycles. The van der Waals surface area contributed by atoms with Crippen molar-refractivity contribution in [3.05, 3.63) is 69.8 Å². The van der Waals surface area contributed by atoms with Crippen LogP contribution in [0, 0.1) is 23.0 Å². The van der Waals surface area contributed by atoms with Gasteiger partial charge in [-0.1, -0.05) is 24.3 Å². The molecule has 2 amide bonds. The molecule has 1 aliphatic heterocycles. The molecule has 0 aromatic heterocycles. The lowest BCUT2D eigenvalue weighted by Gasteiger charge is -2.38. The summed E-state index contributed by atoms with van der Waals surface area (Å²) in [5, 5.41) is 21.1. The Bertz CT molecular complexity index is 1290. The number of hydrogen-bond acceptors (Lipinski definition) is 6. The van der Waals surface area contributed by atoms with E-state index in [0.717, 1.165) is 5.56 Å². The molecule has 0 bridgehead atoms. The molecule has 0 fully saturated rings. The second-order valence-electron chi connectivity index (χ2n) is 8.34. The Kier molecular flexibility index (Phi) is 7.66. The molecule has 12 heteroatoms. The third-order valence-corrected chi connectivity index (χ3v) is 7.73. The molecule has 1 heterocycles. The Balaban J connectivity index is 1.86. The summed E-state index contributed by atoms with van der Waals surface area (Å²) in [5.74, 6) is -2.43. The van der Waals surface area contributed by atoms with Gasteiger partial charge >= 0.3 is 12.0 Å². The van der Waals surface area contributed by atoms with Crippen molar-refractivity contribution < 1.29 is 28.0 Å². The highest BCUT2D eigenvalue weighted by atomic mass is 32.2. The summed E-state index contributed by atoms with van der Waals surface area (Å²) in [6.07, 6.45) is 0.194. The number of carbonyl (C=O) groups excluding carboxylic acids is 1. The molecule has 2 unspecified atom stereocenters. The average Bonchev–Trinajstić information content (AvgIpc) is 2.79. The summed E-state index contributed by atoms with van der Waals surface area (Å²) >= 11 is 0. The molecule has 3 rings (SSSR count). The Hall–Kier alpha value is -3.64. The number of hydrogen-bond donors (Lipinski definition) is 1. The van der Waals surface area contributed by atoms with E-state index in [0.29, 0.717) is 0 Å². The summed E-state index contributed by atoms with van der Waals surface area (Å²) in [5.41, 5.74) is 0.943. The first-order valence-electron chi connectivity index (χ1n) is 10.8. The Labute approximate surface area is 202 Å². The molecule has 186 valence electrons. The largest absolute Gasteiger partial charge is 0.481 e. The zero-order chi connectivity index (χ0) is 25.9. The molecule has 1 N–H and O–H groups in total. The fraction of sp³-hybridized carbons (Fsp3) is 0.348. The highest BCUT2D eigenvalue weighted by molar-refractivity contribution is 7.89. The van der Waals surface area contributed by atoms with Crippen LogP contribution >= 0.6 is 0 Å². The van der Waals surface area contributed by atoms with Crippen LogP contribution in [0.25, 0.3) is 0 Å². The fourth-order valence-corrected chi connectivity index (χ4v) is 5.41. The molecule has 0 aliphatic carbocycles. The Morgan fingerprint density at radius 1 is 1.20 bits per heavy atom. The normalized spacial score (nSPS) is 18.5. The average molecular weight is 503 g/mol. The number of sulfonamides is 1. The highest BCUT2D eigenvalue weighted by Crippen LogP contribution is 2.35. The number of benzene rings is 2. The molecule has 0 saturated carbocycles. The summed E-state index contributed by atoms with van der Waals surface area (Å²) in [7, 11) is -2.33. The minimum atomic E-state index is -3.76. The van der Waals surface area contributed by atoms with Gasteiger partial charge in [0, 0.05) is 38.0 Å². The number of aryl methyl sites for hydroxylation is 1. The number of carboxylic acid groups (broad SMARTS) is 1. The molecule has 2 aromatic rings. The maximum absolute atomic E-state index is 12.9. The van der Waals surface area contributed by atoms with Crippen LogP contribution in [-0.4, -0.2) is 65.5 Å². The number of urea groups is 1. The number of nitro groups is 1. The van der Waals surface area contributed by atoms with Crippen LogP contribution in [0.1, 0.15) is 30.5 Å². The monoisotopic (exact) mass is 502 g/mol. The van der Waals surface area contributed by atoms with E-state index in [-0.39, 0.29) is 41.4 Å². The molecule has 1 aliphatic rings. The van der Waals surface area contributed by atoms with Gasteiger partial charge in [0.25, 0.3) is 5.69 Å². The number of aliphatic imine (C=N–C) groups is 1. The first-order chi connectivity index (χ1) is 16.4. The van der Waals surface area contributed by atoms with Crippen LogP contribution < -0.4 is 0 Å². The Morgan fingerprint density at radius 3 is 2.51 bits per heavy atom. The van der Waals surface area contributed by atoms with Crippen molar-refractivity contribution in [3.63, 3.8) is 0 Å². The predicted octanol–water partition coefficient (Wildman–Crippen LogP) is 3.25. The lowest BCUT2D eigenvalue weighted by molar-refractivity contribution is -0.385. The number of nitro benzene ring substituents is 1. The van der Waals surface area contributed by atoms with Gasteiger partial charge in [-0.05, 0) is 43.5 Å². The second-order valence-corrected chi connectivity index (χ2v) is 10.4. The van der Waals surface area contributed by atoms with Gasteiger partial charge in [0.1, 0.15) is 5.92 Å². The summed E-state index contributed by atoms with van der Waals surface area (Å²) < 4.78 is 26.9. The van der Waals surface area contributed by atoms with Crippen LogP contribution in [0.4, 0.5) is 10.5 Å². The van der Waals surface area contributed by atoms with Crippen LogP contribution in [-0.2, 0) is 14.8 Å². The standard InChI is InChI=1S/C23H26N4O7S/c1-15-7-4-10-19(13-15)35(33,34)25(3)11-6-12-26-21(17-8-5-9-18(14-17)27(31)32)20(22(28)29)16(2)24-23(26)30/h4-5,7-10,13-14,20-21H,6,11-12H2,1-3H3,(H,28,29). The molecule has 2 atom stereocenters. The number of amides is 2. The lowest BCUT2D eigenvalue weighted by Crippen LogP contribution is -2.47. The smallest absolute Gasteiger partial charge is 0.344 e. The fourth-order valence-electron chi connectivity index (χ4n) is 4.09. The van der Waals surface area contributed by atoms with Gasteiger partial charge in [-0.3, -0.25) is 14.9 Å². The number of rotatable bonds is 9. The molecule has 0 saturated heterocycles. The molecular formula is C23H26N4O7S. The predicted molar refractivity (Wildman–Crippen MR) is 128 cm³/mol. The van der Waals surface area contributed by atoms with Crippen molar-refractivity contribution in [1.82, 2.24) is 9.21 Å². The molecule has 0 radical (unpaired) electrons. The minimum Gasteiger partial charge on any atom is -0.481 e. The van der Waals surface area contributed by atoms with Crippen molar-refractivity contribution >= 4 is 33.4 Å². The van der Waals surface area contributed by atoms with E-state index in [1.54, 1.807) is 25.1 Å². The van der Waals surface area contributed by atoms with E-state index >= 15 is 0 Å². The SMILES string of the molecule is CC1=NC(=O)N(CCCN(C)S(=O)(=O)c2cccc(C)c2)C(c2cccc([N+](=O)[O-])c2)C1C(=O)O. The van der Waals surface area contributed by atoms with Gasteiger partial charge in [0.15, 0.2) is 0 Å². The Morgan fingerprint density at radius 2 is 1.89 bits per heavy atom. The zero-order valence-corrected chi connectivity index (χ0v) is 20.3. The molecule has 0 spiro atoms. The second kappa shape index (κ2) is 10.3. The third kappa shape index (κ3) is 5.54. The first-order valence-corrected chi connectivity index (χ1v) is 12.2. The van der Waals surface area contributed by atoms with Crippen LogP contribution in [0.3, 0.4) is 0 Å². The maximum atomic E-state index is 12.9. The van der Waals surface area contributed by atoms with E-state index in [2.05, 4.69) is 4.99 Å².